The standard InChI is InChI=1S/C19H18F3NO4/c1-2-11-3-5-12(6-4-11)15-7-8-16(27-15)17(24)23-9-13(18(25)26)14(10-23)19(20,21)22/h3-8,13-14H,2,9-10H2,1H3,(H,25,26)/t13-,14-/m1/s1. The van der Waals surface area contributed by atoms with E-state index in [2.05, 4.69) is 0 Å². The molecular formula is C19H18F3NO4. The molecule has 1 aromatic carbocycles. The van der Waals surface area contributed by atoms with Gasteiger partial charge in [0.15, 0.2) is 5.76 Å². The summed E-state index contributed by atoms with van der Waals surface area (Å²) < 4.78 is 44.7. The van der Waals surface area contributed by atoms with Gasteiger partial charge in [0.2, 0.25) is 0 Å². The molecule has 2 heterocycles. The largest absolute Gasteiger partial charge is 0.481 e. The number of carbonyl (C=O) groups excluding carboxylic acids is 1. The molecule has 8 heteroatoms. The van der Waals surface area contributed by atoms with Gasteiger partial charge < -0.3 is 14.4 Å². The molecule has 1 aliphatic heterocycles. The van der Waals surface area contributed by atoms with E-state index in [-0.39, 0.29) is 5.76 Å². The number of nitrogens with zero attached hydrogens (tertiary/aromatic N) is 1. The fourth-order valence-corrected chi connectivity index (χ4v) is 3.22. The molecule has 5 nitrogen and oxygen atoms in total. The Kier molecular flexibility index (Phi) is 4.99. The van der Waals surface area contributed by atoms with Crippen LogP contribution in [0.25, 0.3) is 11.3 Å². The summed E-state index contributed by atoms with van der Waals surface area (Å²) in [5.74, 6) is -5.77. The Bertz CT molecular complexity index is 841. The van der Waals surface area contributed by atoms with Crippen molar-refractivity contribution < 1.29 is 32.3 Å². The van der Waals surface area contributed by atoms with Crippen LogP contribution in [0.5, 0.6) is 0 Å². The van der Waals surface area contributed by atoms with Crippen molar-refractivity contribution in [2.75, 3.05) is 13.1 Å². The topological polar surface area (TPSA) is 70.8 Å². The van der Waals surface area contributed by atoms with Crippen LogP contribution in [0.4, 0.5) is 13.2 Å². The number of hydrogen-bond donors (Lipinski definition) is 1. The molecule has 1 aliphatic rings. The summed E-state index contributed by atoms with van der Waals surface area (Å²) in [7, 11) is 0. The summed E-state index contributed by atoms with van der Waals surface area (Å²) in [4.78, 5) is 24.5. The van der Waals surface area contributed by atoms with Crippen molar-refractivity contribution in [3.63, 3.8) is 0 Å². The number of halogens is 3. The highest BCUT2D eigenvalue weighted by Gasteiger charge is 2.53. The summed E-state index contributed by atoms with van der Waals surface area (Å²) in [6.07, 6.45) is -3.81. The molecular weight excluding hydrogens is 363 g/mol. The Labute approximate surface area is 153 Å². The van der Waals surface area contributed by atoms with Crippen molar-refractivity contribution in [3.05, 3.63) is 47.7 Å². The minimum atomic E-state index is -4.69. The van der Waals surface area contributed by atoms with Gasteiger partial charge in [-0.1, -0.05) is 31.2 Å². The van der Waals surface area contributed by atoms with Gasteiger partial charge in [-0.3, -0.25) is 9.59 Å². The number of amides is 1. The molecule has 144 valence electrons. The second-order valence-electron chi connectivity index (χ2n) is 6.52. The summed E-state index contributed by atoms with van der Waals surface area (Å²) in [6, 6.07) is 10.5. The number of benzene rings is 1. The third-order valence-electron chi connectivity index (χ3n) is 4.81. The molecule has 0 spiro atoms. The van der Waals surface area contributed by atoms with Crippen molar-refractivity contribution in [2.45, 2.75) is 19.5 Å². The van der Waals surface area contributed by atoms with E-state index in [1.165, 1.54) is 6.07 Å². The van der Waals surface area contributed by atoms with Crippen molar-refractivity contribution >= 4 is 11.9 Å². The maximum atomic E-state index is 13.1. The molecule has 2 aromatic rings. The van der Waals surface area contributed by atoms with Crippen LogP contribution in [-0.2, 0) is 11.2 Å². The third kappa shape index (κ3) is 3.84. The number of aryl methyl sites for hydroxylation is 1. The first-order valence-electron chi connectivity index (χ1n) is 8.48. The molecule has 1 saturated heterocycles. The molecule has 1 fully saturated rings. The fraction of sp³-hybridized carbons (Fsp3) is 0.368. The van der Waals surface area contributed by atoms with Crippen molar-refractivity contribution in [3.8, 4) is 11.3 Å². The Morgan fingerprint density at radius 1 is 1.15 bits per heavy atom. The van der Waals surface area contributed by atoms with Gasteiger partial charge in [0.25, 0.3) is 5.91 Å². The number of furan rings is 1. The predicted molar refractivity (Wildman–Crippen MR) is 90.1 cm³/mol. The molecule has 1 aromatic heterocycles. The van der Waals surface area contributed by atoms with E-state index in [0.717, 1.165) is 22.4 Å². The highest BCUT2D eigenvalue weighted by Crippen LogP contribution is 2.38. The Morgan fingerprint density at radius 3 is 2.33 bits per heavy atom. The molecule has 0 aliphatic carbocycles. The second kappa shape index (κ2) is 7.09. The number of carboxylic acid groups (broad SMARTS) is 1. The zero-order valence-electron chi connectivity index (χ0n) is 14.5. The lowest BCUT2D eigenvalue weighted by molar-refractivity contribution is -0.187. The van der Waals surface area contributed by atoms with E-state index >= 15 is 0 Å². The predicted octanol–water partition coefficient (Wildman–Crippen LogP) is 3.84. The maximum Gasteiger partial charge on any atom is 0.394 e. The van der Waals surface area contributed by atoms with Crippen LogP contribution >= 0.6 is 0 Å². The van der Waals surface area contributed by atoms with E-state index in [9.17, 15) is 22.8 Å². The minimum absolute atomic E-state index is 0.114. The van der Waals surface area contributed by atoms with Crippen LogP contribution in [0.2, 0.25) is 0 Å². The molecule has 1 N–H and O–H groups in total. The number of carboxylic acids is 1. The zero-order valence-corrected chi connectivity index (χ0v) is 14.5. The van der Waals surface area contributed by atoms with E-state index in [4.69, 9.17) is 9.52 Å². The molecule has 1 amide bonds. The Balaban J connectivity index is 1.78. The minimum Gasteiger partial charge on any atom is -0.481 e. The highest BCUT2D eigenvalue weighted by molar-refractivity contribution is 5.93. The summed E-state index contributed by atoms with van der Waals surface area (Å²) >= 11 is 0. The van der Waals surface area contributed by atoms with Gasteiger partial charge in [0, 0.05) is 18.7 Å². The smallest absolute Gasteiger partial charge is 0.394 e. The number of aliphatic carboxylic acids is 1. The van der Waals surface area contributed by atoms with Crippen molar-refractivity contribution in [2.24, 2.45) is 11.8 Å². The monoisotopic (exact) mass is 381 g/mol. The van der Waals surface area contributed by atoms with E-state index in [1.54, 1.807) is 6.07 Å². The number of carbonyl (C=O) groups is 2. The van der Waals surface area contributed by atoms with Gasteiger partial charge in [0.1, 0.15) is 5.76 Å². The van der Waals surface area contributed by atoms with Crippen molar-refractivity contribution in [1.82, 2.24) is 4.90 Å². The van der Waals surface area contributed by atoms with Gasteiger partial charge in [-0.25, -0.2) is 0 Å². The fourth-order valence-electron chi connectivity index (χ4n) is 3.22. The second-order valence-corrected chi connectivity index (χ2v) is 6.52. The van der Waals surface area contributed by atoms with E-state index in [0.29, 0.717) is 5.76 Å². The molecule has 0 saturated carbocycles. The first-order chi connectivity index (χ1) is 12.7. The normalized spacial score (nSPS) is 20.1. The van der Waals surface area contributed by atoms with Crippen LogP contribution in [0.3, 0.4) is 0 Å². The first-order valence-corrected chi connectivity index (χ1v) is 8.48. The van der Waals surface area contributed by atoms with Gasteiger partial charge in [-0.2, -0.15) is 13.2 Å². The lowest BCUT2D eigenvalue weighted by Crippen LogP contribution is -2.34. The Morgan fingerprint density at radius 2 is 1.81 bits per heavy atom. The number of hydrogen-bond acceptors (Lipinski definition) is 3. The average Bonchev–Trinajstić information content (AvgIpc) is 3.28. The SMILES string of the molecule is CCc1ccc(-c2ccc(C(=O)N3C[C@@H](C(F)(F)F)[C@H](C(=O)O)C3)o2)cc1. The van der Waals surface area contributed by atoms with E-state index in [1.807, 2.05) is 31.2 Å². The molecule has 3 rings (SSSR count). The van der Waals surface area contributed by atoms with Crippen LogP contribution in [0, 0.1) is 11.8 Å². The van der Waals surface area contributed by atoms with Crippen LogP contribution in [-0.4, -0.2) is 41.1 Å². The van der Waals surface area contributed by atoms with E-state index < -0.39 is 43.0 Å². The lowest BCUT2D eigenvalue weighted by atomic mass is 9.96. The average molecular weight is 381 g/mol. The molecule has 0 unspecified atom stereocenters. The van der Waals surface area contributed by atoms with Crippen LogP contribution in [0.15, 0.2) is 40.8 Å². The lowest BCUT2D eigenvalue weighted by Gasteiger charge is -2.17. The summed E-state index contributed by atoms with van der Waals surface area (Å²) in [6.45, 7) is 0.827. The summed E-state index contributed by atoms with van der Waals surface area (Å²) in [5.41, 5.74) is 1.88. The number of likely N-dealkylation sites (tertiary alicyclic amines) is 1. The molecule has 0 bridgehead atoms. The quantitative estimate of drug-likeness (QED) is 0.874. The van der Waals surface area contributed by atoms with Gasteiger partial charge in [0.05, 0.1) is 11.8 Å². The molecule has 0 radical (unpaired) electrons. The number of rotatable bonds is 4. The van der Waals surface area contributed by atoms with Gasteiger partial charge in [-0.05, 0) is 24.1 Å². The zero-order chi connectivity index (χ0) is 19.8. The van der Waals surface area contributed by atoms with Crippen molar-refractivity contribution in [1.29, 1.82) is 0 Å². The Hall–Kier alpha value is -2.77. The number of alkyl halides is 3. The third-order valence-corrected chi connectivity index (χ3v) is 4.81. The maximum absolute atomic E-state index is 13.1. The van der Waals surface area contributed by atoms with Crippen LogP contribution < -0.4 is 0 Å². The van der Waals surface area contributed by atoms with Gasteiger partial charge in [-0.15, -0.1) is 0 Å². The molecule has 27 heavy (non-hydrogen) atoms. The highest BCUT2D eigenvalue weighted by atomic mass is 19.4. The summed E-state index contributed by atoms with van der Waals surface area (Å²) in [5, 5.41) is 9.05. The molecule has 2 atom stereocenters. The van der Waals surface area contributed by atoms with Gasteiger partial charge >= 0.3 is 12.1 Å². The first kappa shape index (κ1) is 19.0. The van der Waals surface area contributed by atoms with Crippen LogP contribution in [0.1, 0.15) is 23.0 Å².